The third kappa shape index (κ3) is 2.15. The van der Waals surface area contributed by atoms with Crippen molar-refractivity contribution in [1.82, 2.24) is 14.5 Å². The molecule has 0 amide bonds. The predicted molar refractivity (Wildman–Crippen MR) is 87.4 cm³/mol. The molecule has 2 aromatic carbocycles. The summed E-state index contributed by atoms with van der Waals surface area (Å²) in [7, 11) is 0. The van der Waals surface area contributed by atoms with Gasteiger partial charge in [0.1, 0.15) is 5.52 Å². The summed E-state index contributed by atoms with van der Waals surface area (Å²) in [5.41, 5.74) is 3.24. The van der Waals surface area contributed by atoms with E-state index in [9.17, 15) is 8.78 Å². The van der Waals surface area contributed by atoms with Crippen LogP contribution in [-0.4, -0.2) is 14.5 Å². The number of halogens is 2. The molecule has 3 nitrogen and oxygen atoms in total. The number of aromatic nitrogens is 3. The van der Waals surface area contributed by atoms with Gasteiger partial charge in [-0.3, -0.25) is 0 Å². The highest BCUT2D eigenvalue weighted by Crippen LogP contribution is 2.29. The highest BCUT2D eigenvalue weighted by molar-refractivity contribution is 6.06. The maximum Gasteiger partial charge on any atom is 0.161 e. The van der Waals surface area contributed by atoms with Gasteiger partial charge in [-0.1, -0.05) is 31.5 Å². The second kappa shape index (κ2) is 5.26. The molecule has 4 rings (SSSR count). The van der Waals surface area contributed by atoms with Crippen LogP contribution >= 0.6 is 0 Å². The van der Waals surface area contributed by atoms with Crippen molar-refractivity contribution in [2.45, 2.75) is 26.3 Å². The topological polar surface area (TPSA) is 30.7 Å². The van der Waals surface area contributed by atoms with Crippen LogP contribution in [0.2, 0.25) is 0 Å². The van der Waals surface area contributed by atoms with Gasteiger partial charge in [0.05, 0.1) is 16.6 Å². The number of fused-ring (bicyclic) bond motifs is 4. The zero-order valence-electron chi connectivity index (χ0n) is 12.7. The lowest BCUT2D eigenvalue weighted by Crippen LogP contribution is -1.99. The molecule has 116 valence electrons. The molecule has 23 heavy (non-hydrogen) atoms. The number of nitrogens with zero attached hydrogens (tertiary/aromatic N) is 3. The van der Waals surface area contributed by atoms with Gasteiger partial charge in [-0.2, -0.15) is 0 Å². The Kier molecular flexibility index (Phi) is 3.22. The molecule has 0 saturated carbocycles. The molecule has 2 heterocycles. The minimum atomic E-state index is -0.902. The van der Waals surface area contributed by atoms with E-state index in [1.165, 1.54) is 0 Å². The van der Waals surface area contributed by atoms with Crippen molar-refractivity contribution in [3.63, 3.8) is 0 Å². The average Bonchev–Trinajstić information content (AvgIpc) is 2.85. The van der Waals surface area contributed by atoms with E-state index in [-0.39, 0.29) is 0 Å². The number of hydrogen-bond donors (Lipinski definition) is 0. The van der Waals surface area contributed by atoms with Gasteiger partial charge in [-0.05, 0) is 12.5 Å². The van der Waals surface area contributed by atoms with Gasteiger partial charge in [0, 0.05) is 24.1 Å². The lowest BCUT2D eigenvalue weighted by Gasteiger charge is -2.06. The van der Waals surface area contributed by atoms with E-state index in [0.717, 1.165) is 53.6 Å². The van der Waals surface area contributed by atoms with E-state index < -0.39 is 11.6 Å². The van der Waals surface area contributed by atoms with E-state index in [1.807, 2.05) is 24.3 Å². The molecule has 5 heteroatoms. The SMILES string of the molecule is CCCCn1c2ccccc2c2nc3cc(F)c(F)cc3nc21. The Hall–Kier alpha value is -2.56. The number of unbranched alkanes of at least 4 members (excludes halogenated alkanes) is 1. The highest BCUT2D eigenvalue weighted by Gasteiger charge is 2.15. The molecular formula is C18H15F2N3. The van der Waals surface area contributed by atoms with E-state index in [2.05, 4.69) is 21.5 Å². The van der Waals surface area contributed by atoms with Crippen molar-refractivity contribution in [2.24, 2.45) is 0 Å². The number of aryl methyl sites for hydroxylation is 1. The zero-order chi connectivity index (χ0) is 16.0. The molecule has 0 bridgehead atoms. The third-order valence-corrected chi connectivity index (χ3v) is 4.13. The van der Waals surface area contributed by atoms with Crippen molar-refractivity contribution in [1.29, 1.82) is 0 Å². The first-order valence-corrected chi connectivity index (χ1v) is 7.72. The number of benzene rings is 2. The maximum absolute atomic E-state index is 13.5. The molecule has 0 saturated heterocycles. The van der Waals surface area contributed by atoms with Crippen LogP contribution in [0.15, 0.2) is 36.4 Å². The summed E-state index contributed by atoms with van der Waals surface area (Å²) in [4.78, 5) is 9.11. The first-order valence-electron chi connectivity index (χ1n) is 7.72. The molecule has 0 N–H and O–H groups in total. The van der Waals surface area contributed by atoms with Crippen LogP contribution in [0.3, 0.4) is 0 Å². The molecule has 0 spiro atoms. The van der Waals surface area contributed by atoms with Gasteiger partial charge in [0.2, 0.25) is 0 Å². The van der Waals surface area contributed by atoms with Crippen molar-refractivity contribution >= 4 is 33.1 Å². The van der Waals surface area contributed by atoms with Gasteiger partial charge in [-0.25, -0.2) is 18.7 Å². The summed E-state index contributed by atoms with van der Waals surface area (Å²) < 4.78 is 29.1. The first-order chi connectivity index (χ1) is 11.2. The van der Waals surface area contributed by atoms with Gasteiger partial charge < -0.3 is 4.57 Å². The van der Waals surface area contributed by atoms with Crippen LogP contribution < -0.4 is 0 Å². The Bertz CT molecular complexity index is 1040. The summed E-state index contributed by atoms with van der Waals surface area (Å²) in [6, 6.07) is 10.2. The molecule has 4 aromatic rings. The molecule has 0 aliphatic rings. The van der Waals surface area contributed by atoms with Crippen LogP contribution in [0.1, 0.15) is 19.8 Å². The second-order valence-electron chi connectivity index (χ2n) is 5.67. The lowest BCUT2D eigenvalue weighted by molar-refractivity contribution is 0.510. The Morgan fingerprint density at radius 2 is 1.70 bits per heavy atom. The van der Waals surface area contributed by atoms with Crippen LogP contribution in [0.4, 0.5) is 8.78 Å². The largest absolute Gasteiger partial charge is 0.324 e. The standard InChI is InChI=1S/C18H15F2N3/c1-2-3-8-23-16-7-5-4-6-11(16)17-18(23)22-15-10-13(20)12(19)9-14(15)21-17/h4-7,9-10H,2-3,8H2,1H3. The lowest BCUT2D eigenvalue weighted by atomic mass is 10.2. The Balaban J connectivity index is 2.11. The normalized spacial score (nSPS) is 11.8. The molecule has 2 aromatic heterocycles. The zero-order valence-corrected chi connectivity index (χ0v) is 12.7. The van der Waals surface area contributed by atoms with Crippen LogP contribution in [0.5, 0.6) is 0 Å². The molecule has 0 unspecified atom stereocenters. The Morgan fingerprint density at radius 1 is 1.00 bits per heavy atom. The Labute approximate surface area is 131 Å². The molecular weight excluding hydrogens is 296 g/mol. The van der Waals surface area contributed by atoms with E-state index in [1.54, 1.807) is 0 Å². The van der Waals surface area contributed by atoms with Crippen molar-refractivity contribution in [3.05, 3.63) is 48.0 Å². The van der Waals surface area contributed by atoms with E-state index >= 15 is 0 Å². The van der Waals surface area contributed by atoms with Gasteiger partial charge in [0.15, 0.2) is 17.3 Å². The second-order valence-corrected chi connectivity index (χ2v) is 5.67. The van der Waals surface area contributed by atoms with Crippen LogP contribution in [0.25, 0.3) is 33.1 Å². The number of hydrogen-bond acceptors (Lipinski definition) is 2. The Morgan fingerprint density at radius 3 is 2.43 bits per heavy atom. The fourth-order valence-electron chi connectivity index (χ4n) is 2.98. The first kappa shape index (κ1) is 14.1. The summed E-state index contributed by atoms with van der Waals surface area (Å²) in [6.45, 7) is 2.96. The predicted octanol–water partition coefficient (Wildman–Crippen LogP) is 4.82. The smallest absolute Gasteiger partial charge is 0.161 e. The fourth-order valence-corrected chi connectivity index (χ4v) is 2.98. The molecule has 0 aliphatic heterocycles. The van der Waals surface area contributed by atoms with Crippen molar-refractivity contribution in [2.75, 3.05) is 0 Å². The highest BCUT2D eigenvalue weighted by atomic mass is 19.2. The average molecular weight is 311 g/mol. The maximum atomic E-state index is 13.5. The van der Waals surface area contributed by atoms with E-state index in [4.69, 9.17) is 0 Å². The minimum Gasteiger partial charge on any atom is -0.324 e. The summed E-state index contributed by atoms with van der Waals surface area (Å²) in [5, 5.41) is 0.984. The third-order valence-electron chi connectivity index (χ3n) is 4.13. The van der Waals surface area contributed by atoms with Crippen LogP contribution in [0, 0.1) is 11.6 Å². The summed E-state index contributed by atoms with van der Waals surface area (Å²) in [5.74, 6) is -1.80. The minimum absolute atomic E-state index is 0.370. The summed E-state index contributed by atoms with van der Waals surface area (Å²) >= 11 is 0. The number of para-hydroxylation sites is 1. The van der Waals surface area contributed by atoms with Gasteiger partial charge in [-0.15, -0.1) is 0 Å². The molecule has 0 radical (unpaired) electrons. The van der Waals surface area contributed by atoms with E-state index in [0.29, 0.717) is 11.0 Å². The quantitative estimate of drug-likeness (QED) is 0.543. The van der Waals surface area contributed by atoms with Gasteiger partial charge in [0.25, 0.3) is 0 Å². The molecule has 0 atom stereocenters. The number of rotatable bonds is 3. The summed E-state index contributed by atoms with van der Waals surface area (Å²) in [6.07, 6.45) is 2.08. The van der Waals surface area contributed by atoms with Crippen molar-refractivity contribution < 1.29 is 8.78 Å². The fraction of sp³-hybridized carbons (Fsp3) is 0.222. The monoisotopic (exact) mass is 311 g/mol. The van der Waals surface area contributed by atoms with Crippen molar-refractivity contribution in [3.8, 4) is 0 Å². The van der Waals surface area contributed by atoms with Gasteiger partial charge >= 0.3 is 0 Å². The molecule has 0 fully saturated rings. The molecule has 0 aliphatic carbocycles. The van der Waals surface area contributed by atoms with Crippen LogP contribution in [-0.2, 0) is 6.54 Å².